The molecule has 0 radical (unpaired) electrons. The molecule has 5 heteroatoms. The Morgan fingerprint density at radius 1 is 1.04 bits per heavy atom. The van der Waals surface area contributed by atoms with E-state index in [-0.39, 0.29) is 5.91 Å². The van der Waals surface area contributed by atoms with Crippen LogP contribution >= 0.6 is 0 Å². The smallest absolute Gasteiger partial charge is 0.221 e. The molecular weight excluding hydrogens is 288 g/mol. The van der Waals surface area contributed by atoms with E-state index in [4.69, 9.17) is 5.73 Å². The van der Waals surface area contributed by atoms with Crippen LogP contribution < -0.4 is 11.1 Å². The highest BCUT2D eigenvalue weighted by molar-refractivity contribution is 5.75. The molecule has 1 aromatic carbocycles. The average molecular weight is 318 g/mol. The summed E-state index contributed by atoms with van der Waals surface area (Å²) in [4.78, 5) is 16.3. The van der Waals surface area contributed by atoms with Crippen molar-refractivity contribution in [3.63, 3.8) is 0 Å². The van der Waals surface area contributed by atoms with Gasteiger partial charge in [-0.1, -0.05) is 30.3 Å². The molecule has 1 aromatic rings. The summed E-state index contributed by atoms with van der Waals surface area (Å²) in [5, 5.41) is 2.91. The number of benzene rings is 1. The van der Waals surface area contributed by atoms with Crippen molar-refractivity contribution in [1.82, 2.24) is 15.1 Å². The maximum absolute atomic E-state index is 11.3. The van der Waals surface area contributed by atoms with Gasteiger partial charge in [-0.3, -0.25) is 9.69 Å². The number of carbonyl (C=O) groups is 1. The minimum absolute atomic E-state index is 0.0713. The average Bonchev–Trinajstić information content (AvgIpc) is 2.57. The summed E-state index contributed by atoms with van der Waals surface area (Å²) in [6.45, 7) is 7.96. The van der Waals surface area contributed by atoms with E-state index in [9.17, 15) is 4.79 Å². The number of amides is 1. The molecule has 0 aliphatic carbocycles. The molecule has 1 saturated heterocycles. The zero-order valence-electron chi connectivity index (χ0n) is 14.0. The minimum Gasteiger partial charge on any atom is -0.356 e. The number of hydrogen-bond donors (Lipinski definition) is 2. The third-order valence-corrected chi connectivity index (χ3v) is 4.31. The van der Waals surface area contributed by atoms with E-state index < -0.39 is 0 Å². The van der Waals surface area contributed by atoms with Gasteiger partial charge >= 0.3 is 0 Å². The van der Waals surface area contributed by atoms with E-state index in [1.54, 1.807) is 0 Å². The quantitative estimate of drug-likeness (QED) is 0.668. The summed E-state index contributed by atoms with van der Waals surface area (Å²) in [5.74, 6) is 0.0713. The van der Waals surface area contributed by atoms with Gasteiger partial charge in [0.15, 0.2) is 0 Å². The predicted octanol–water partition coefficient (Wildman–Crippen LogP) is 1.05. The normalized spacial score (nSPS) is 16.4. The fourth-order valence-corrected chi connectivity index (χ4v) is 2.92. The first-order valence-electron chi connectivity index (χ1n) is 8.73. The molecule has 0 spiro atoms. The van der Waals surface area contributed by atoms with Crippen molar-refractivity contribution in [3.8, 4) is 0 Å². The second-order valence-electron chi connectivity index (χ2n) is 6.20. The van der Waals surface area contributed by atoms with Crippen molar-refractivity contribution in [2.24, 2.45) is 5.73 Å². The Morgan fingerprint density at radius 3 is 2.43 bits per heavy atom. The Bertz CT molecular complexity index is 444. The van der Waals surface area contributed by atoms with Crippen LogP contribution in [0.25, 0.3) is 0 Å². The molecule has 0 aromatic heterocycles. The van der Waals surface area contributed by atoms with Gasteiger partial charge in [0.25, 0.3) is 0 Å². The fourth-order valence-electron chi connectivity index (χ4n) is 2.92. The van der Waals surface area contributed by atoms with Crippen LogP contribution in [-0.4, -0.2) is 61.5 Å². The zero-order valence-corrected chi connectivity index (χ0v) is 14.0. The molecule has 128 valence electrons. The lowest BCUT2D eigenvalue weighted by Gasteiger charge is -2.34. The molecule has 1 aliphatic rings. The van der Waals surface area contributed by atoms with E-state index in [1.165, 1.54) is 5.56 Å². The van der Waals surface area contributed by atoms with Crippen LogP contribution in [-0.2, 0) is 11.3 Å². The summed E-state index contributed by atoms with van der Waals surface area (Å²) in [6.07, 6.45) is 2.62. The molecular formula is C18H30N4O. The second-order valence-corrected chi connectivity index (χ2v) is 6.20. The van der Waals surface area contributed by atoms with Crippen molar-refractivity contribution in [2.75, 3.05) is 45.8 Å². The molecule has 0 unspecified atom stereocenters. The molecule has 1 amide bonds. The third kappa shape index (κ3) is 7.12. The van der Waals surface area contributed by atoms with Gasteiger partial charge in [-0.25, -0.2) is 0 Å². The fraction of sp³-hybridized carbons (Fsp3) is 0.611. The Balaban J connectivity index is 1.52. The van der Waals surface area contributed by atoms with Gasteiger partial charge in [-0.05, 0) is 24.9 Å². The van der Waals surface area contributed by atoms with Crippen molar-refractivity contribution in [3.05, 3.63) is 35.9 Å². The van der Waals surface area contributed by atoms with Gasteiger partial charge in [-0.15, -0.1) is 0 Å². The number of rotatable bonds is 9. The Hall–Kier alpha value is -1.43. The number of hydrogen-bond acceptors (Lipinski definition) is 4. The number of carbonyl (C=O) groups excluding carboxylic acids is 1. The van der Waals surface area contributed by atoms with Crippen LogP contribution in [0.15, 0.2) is 30.3 Å². The molecule has 1 aliphatic heterocycles. The summed E-state index contributed by atoms with van der Waals surface area (Å²) in [7, 11) is 0. The Kier molecular flexibility index (Phi) is 8.07. The standard InChI is InChI=1S/C18H30N4O/c19-9-8-18(23)20-10-4-5-11-21-12-14-22(15-13-21)16-17-6-2-1-3-7-17/h1-3,6-7H,4-5,8-16,19H2,(H,20,23). The predicted molar refractivity (Wildman–Crippen MR) is 94.1 cm³/mol. The first-order chi connectivity index (χ1) is 11.3. The van der Waals surface area contributed by atoms with Crippen LogP contribution in [0.1, 0.15) is 24.8 Å². The molecule has 2 rings (SSSR count). The topological polar surface area (TPSA) is 61.6 Å². The minimum atomic E-state index is 0.0713. The first kappa shape index (κ1) is 17.9. The van der Waals surface area contributed by atoms with Crippen LogP contribution in [0, 0.1) is 0 Å². The monoisotopic (exact) mass is 318 g/mol. The van der Waals surface area contributed by atoms with Crippen molar-refractivity contribution < 1.29 is 4.79 Å². The molecule has 23 heavy (non-hydrogen) atoms. The van der Waals surface area contributed by atoms with E-state index in [0.717, 1.165) is 58.7 Å². The highest BCUT2D eigenvalue weighted by atomic mass is 16.1. The molecule has 0 atom stereocenters. The van der Waals surface area contributed by atoms with Crippen molar-refractivity contribution >= 4 is 5.91 Å². The SMILES string of the molecule is NCCC(=O)NCCCCN1CCN(Cc2ccccc2)CC1. The Morgan fingerprint density at radius 2 is 1.74 bits per heavy atom. The second kappa shape index (κ2) is 10.4. The molecule has 1 fully saturated rings. The van der Waals surface area contributed by atoms with Crippen LogP contribution in [0.2, 0.25) is 0 Å². The zero-order chi connectivity index (χ0) is 16.3. The van der Waals surface area contributed by atoms with Gasteiger partial charge in [0.1, 0.15) is 0 Å². The number of piperazine rings is 1. The molecule has 5 nitrogen and oxygen atoms in total. The lowest BCUT2D eigenvalue weighted by Crippen LogP contribution is -2.46. The maximum atomic E-state index is 11.3. The van der Waals surface area contributed by atoms with Gasteiger partial charge in [-0.2, -0.15) is 0 Å². The van der Waals surface area contributed by atoms with Crippen LogP contribution in [0.4, 0.5) is 0 Å². The largest absolute Gasteiger partial charge is 0.356 e. The van der Waals surface area contributed by atoms with Gasteiger partial charge < -0.3 is 16.0 Å². The highest BCUT2D eigenvalue weighted by Gasteiger charge is 2.16. The molecule has 1 heterocycles. The third-order valence-electron chi connectivity index (χ3n) is 4.31. The molecule has 0 bridgehead atoms. The highest BCUT2D eigenvalue weighted by Crippen LogP contribution is 2.08. The lowest BCUT2D eigenvalue weighted by molar-refractivity contribution is -0.120. The van der Waals surface area contributed by atoms with E-state index in [0.29, 0.717) is 13.0 Å². The number of nitrogens with two attached hydrogens (primary N) is 1. The lowest BCUT2D eigenvalue weighted by atomic mass is 10.2. The Labute approximate surface area is 139 Å². The molecule has 3 N–H and O–H groups in total. The van der Waals surface area contributed by atoms with Gasteiger partial charge in [0.05, 0.1) is 0 Å². The maximum Gasteiger partial charge on any atom is 0.221 e. The van der Waals surface area contributed by atoms with Crippen LogP contribution in [0.3, 0.4) is 0 Å². The van der Waals surface area contributed by atoms with E-state index >= 15 is 0 Å². The first-order valence-corrected chi connectivity index (χ1v) is 8.73. The number of unbranched alkanes of at least 4 members (excludes halogenated alkanes) is 1. The summed E-state index contributed by atoms with van der Waals surface area (Å²) >= 11 is 0. The van der Waals surface area contributed by atoms with Gasteiger partial charge in [0, 0.05) is 52.2 Å². The number of nitrogens with one attached hydrogen (secondary N) is 1. The summed E-state index contributed by atoms with van der Waals surface area (Å²) < 4.78 is 0. The summed E-state index contributed by atoms with van der Waals surface area (Å²) in [6, 6.07) is 10.7. The van der Waals surface area contributed by atoms with Crippen molar-refractivity contribution in [1.29, 1.82) is 0 Å². The van der Waals surface area contributed by atoms with Gasteiger partial charge in [0.2, 0.25) is 5.91 Å². The van der Waals surface area contributed by atoms with Crippen molar-refractivity contribution in [2.45, 2.75) is 25.8 Å². The van der Waals surface area contributed by atoms with Crippen LogP contribution in [0.5, 0.6) is 0 Å². The van der Waals surface area contributed by atoms with E-state index in [1.807, 2.05) is 0 Å². The summed E-state index contributed by atoms with van der Waals surface area (Å²) in [5.41, 5.74) is 6.74. The van der Waals surface area contributed by atoms with E-state index in [2.05, 4.69) is 45.4 Å². The number of nitrogens with zero attached hydrogens (tertiary/aromatic N) is 2. The molecule has 0 saturated carbocycles.